The minimum Gasteiger partial charge on any atom is -0.411 e. The van der Waals surface area contributed by atoms with Gasteiger partial charge in [-0.15, -0.1) is 11.6 Å². The molecule has 12 heavy (non-hydrogen) atoms. The summed E-state index contributed by atoms with van der Waals surface area (Å²) in [6.45, 7) is 4.24. The first-order chi connectivity index (χ1) is 5.50. The van der Waals surface area contributed by atoms with Crippen molar-refractivity contribution in [2.24, 2.45) is 16.5 Å². The lowest BCUT2D eigenvalue weighted by molar-refractivity contribution is 0.285. The number of hydrogen-bond acceptors (Lipinski definition) is 2. The molecule has 2 nitrogen and oxygen atoms in total. The van der Waals surface area contributed by atoms with Crippen molar-refractivity contribution in [3.8, 4) is 0 Å². The van der Waals surface area contributed by atoms with Crippen LogP contribution in [0.1, 0.15) is 33.1 Å². The van der Waals surface area contributed by atoms with E-state index in [2.05, 4.69) is 19.0 Å². The van der Waals surface area contributed by atoms with Gasteiger partial charge in [-0.3, -0.25) is 0 Å². The fraction of sp³-hybridized carbons (Fsp3) is 0.889. The Morgan fingerprint density at radius 1 is 1.58 bits per heavy atom. The Kier molecular flexibility index (Phi) is 1.51. The Morgan fingerprint density at radius 3 is 2.58 bits per heavy atom. The fourth-order valence-electron chi connectivity index (χ4n) is 2.82. The second-order valence-corrected chi connectivity index (χ2v) is 5.30. The average Bonchev–Trinajstić information content (AvgIpc) is 2.39. The Balaban J connectivity index is 2.45. The van der Waals surface area contributed by atoms with Gasteiger partial charge < -0.3 is 5.21 Å². The molecule has 0 saturated heterocycles. The molecular formula is C9H14ClNO. The molecule has 0 aromatic carbocycles. The maximum Gasteiger partial charge on any atom is 0.0868 e. The third-order valence-electron chi connectivity index (χ3n) is 3.61. The molecule has 2 unspecified atom stereocenters. The molecule has 2 bridgehead atoms. The van der Waals surface area contributed by atoms with E-state index in [0.29, 0.717) is 5.92 Å². The van der Waals surface area contributed by atoms with E-state index in [4.69, 9.17) is 16.8 Å². The Hall–Kier alpha value is -0.240. The van der Waals surface area contributed by atoms with Crippen LogP contribution in [0.4, 0.5) is 0 Å². The minimum absolute atomic E-state index is 0.00868. The number of hydrogen-bond donors (Lipinski definition) is 1. The maximum absolute atomic E-state index is 8.89. The highest BCUT2D eigenvalue weighted by Crippen LogP contribution is 2.58. The third-order valence-corrected chi connectivity index (χ3v) is 4.14. The zero-order chi connectivity index (χ0) is 8.98. The monoisotopic (exact) mass is 187 g/mol. The highest BCUT2D eigenvalue weighted by atomic mass is 35.5. The van der Waals surface area contributed by atoms with E-state index in [1.165, 1.54) is 6.42 Å². The van der Waals surface area contributed by atoms with Crippen LogP contribution in [0.25, 0.3) is 0 Å². The zero-order valence-corrected chi connectivity index (χ0v) is 8.23. The van der Waals surface area contributed by atoms with Crippen molar-refractivity contribution in [2.45, 2.75) is 38.0 Å². The molecule has 2 aliphatic carbocycles. The van der Waals surface area contributed by atoms with Crippen molar-refractivity contribution in [1.82, 2.24) is 0 Å². The molecule has 2 saturated carbocycles. The van der Waals surface area contributed by atoms with Crippen LogP contribution in [0.5, 0.6) is 0 Å². The lowest BCUT2D eigenvalue weighted by Crippen LogP contribution is -2.38. The van der Waals surface area contributed by atoms with E-state index < -0.39 is 0 Å². The first kappa shape index (κ1) is 8.36. The fourth-order valence-corrected chi connectivity index (χ4v) is 3.39. The minimum atomic E-state index is -0.317. The molecule has 2 rings (SSSR count). The summed E-state index contributed by atoms with van der Waals surface area (Å²) in [6.07, 6.45) is 3.14. The predicted octanol–water partition coefficient (Wildman–Crippen LogP) is 2.63. The predicted molar refractivity (Wildman–Crippen MR) is 48.9 cm³/mol. The number of rotatable bonds is 0. The van der Waals surface area contributed by atoms with E-state index in [9.17, 15) is 0 Å². The summed E-state index contributed by atoms with van der Waals surface area (Å²) in [6, 6.07) is 0. The first-order valence-corrected chi connectivity index (χ1v) is 4.80. The summed E-state index contributed by atoms with van der Waals surface area (Å²) < 4.78 is 0. The Bertz CT molecular complexity index is 242. The van der Waals surface area contributed by atoms with Gasteiger partial charge in [0.1, 0.15) is 0 Å². The number of fused-ring (bicyclic) bond motifs is 2. The van der Waals surface area contributed by atoms with Crippen LogP contribution in [0, 0.1) is 11.3 Å². The lowest BCUT2D eigenvalue weighted by atomic mass is 9.75. The number of oxime groups is 1. The summed E-state index contributed by atoms with van der Waals surface area (Å²) in [5.41, 5.74) is 0.808. The number of nitrogens with zero attached hydrogens (tertiary/aromatic N) is 1. The van der Waals surface area contributed by atoms with Gasteiger partial charge in [-0.1, -0.05) is 19.0 Å². The molecule has 1 N–H and O–H groups in total. The van der Waals surface area contributed by atoms with Crippen molar-refractivity contribution in [3.05, 3.63) is 0 Å². The van der Waals surface area contributed by atoms with Crippen molar-refractivity contribution in [3.63, 3.8) is 0 Å². The molecule has 0 aromatic heterocycles. The summed E-state index contributed by atoms with van der Waals surface area (Å²) >= 11 is 6.36. The molecule has 68 valence electrons. The molecule has 3 heteroatoms. The maximum atomic E-state index is 8.89. The summed E-state index contributed by atoms with van der Waals surface area (Å²) in [5.74, 6) is 0.612. The van der Waals surface area contributed by atoms with Crippen LogP contribution in [-0.2, 0) is 0 Å². The van der Waals surface area contributed by atoms with Crippen LogP contribution in [0.3, 0.4) is 0 Å². The third kappa shape index (κ3) is 0.792. The van der Waals surface area contributed by atoms with Crippen LogP contribution < -0.4 is 0 Å². The second-order valence-electron chi connectivity index (χ2n) is 4.58. The highest BCUT2D eigenvalue weighted by molar-refractivity contribution is 6.38. The molecule has 2 aliphatic rings. The smallest absolute Gasteiger partial charge is 0.0868 e. The molecule has 0 aliphatic heterocycles. The van der Waals surface area contributed by atoms with Crippen molar-refractivity contribution >= 4 is 17.3 Å². The van der Waals surface area contributed by atoms with Crippen LogP contribution >= 0.6 is 11.6 Å². The van der Waals surface area contributed by atoms with Gasteiger partial charge in [-0.05, 0) is 25.2 Å². The molecule has 2 fully saturated rings. The van der Waals surface area contributed by atoms with Crippen LogP contribution in [0.15, 0.2) is 5.16 Å². The molecule has 0 amide bonds. The zero-order valence-electron chi connectivity index (χ0n) is 7.47. The quantitative estimate of drug-likeness (QED) is 0.353. The van der Waals surface area contributed by atoms with Crippen molar-refractivity contribution in [2.75, 3.05) is 0 Å². The van der Waals surface area contributed by atoms with E-state index in [0.717, 1.165) is 18.6 Å². The molecule has 0 aromatic rings. The average molecular weight is 188 g/mol. The molecule has 0 heterocycles. The lowest BCUT2D eigenvalue weighted by Gasteiger charge is -2.32. The number of alkyl halides is 1. The van der Waals surface area contributed by atoms with Crippen LogP contribution in [-0.4, -0.2) is 15.8 Å². The van der Waals surface area contributed by atoms with Gasteiger partial charge in [0.15, 0.2) is 0 Å². The summed E-state index contributed by atoms with van der Waals surface area (Å²) in [7, 11) is 0. The van der Waals surface area contributed by atoms with Gasteiger partial charge in [0.25, 0.3) is 0 Å². The van der Waals surface area contributed by atoms with Gasteiger partial charge in [0, 0.05) is 5.41 Å². The summed E-state index contributed by atoms with van der Waals surface area (Å²) in [4.78, 5) is -0.317. The van der Waals surface area contributed by atoms with Crippen LogP contribution in [0.2, 0.25) is 0 Å². The van der Waals surface area contributed by atoms with E-state index in [-0.39, 0.29) is 10.3 Å². The van der Waals surface area contributed by atoms with Gasteiger partial charge in [-0.2, -0.15) is 0 Å². The Labute approximate surface area is 77.6 Å². The number of halogens is 1. The van der Waals surface area contributed by atoms with Gasteiger partial charge in [-0.25, -0.2) is 0 Å². The highest BCUT2D eigenvalue weighted by Gasteiger charge is 2.59. The normalized spacial score (nSPS) is 47.2. The topological polar surface area (TPSA) is 32.6 Å². The first-order valence-electron chi connectivity index (χ1n) is 4.42. The van der Waals surface area contributed by atoms with E-state index in [1.54, 1.807) is 0 Å². The Morgan fingerprint density at radius 2 is 2.25 bits per heavy atom. The van der Waals surface area contributed by atoms with Gasteiger partial charge in [0.2, 0.25) is 0 Å². The molecule has 0 radical (unpaired) electrons. The van der Waals surface area contributed by atoms with Gasteiger partial charge >= 0.3 is 0 Å². The van der Waals surface area contributed by atoms with Gasteiger partial charge in [0.05, 0.1) is 10.6 Å². The standard InChI is InChI=1S/C9H14ClNO/c1-8(2)6-3-4-9(10,5-6)7(8)11-12/h6,12H,3-5H2,1-2H3. The van der Waals surface area contributed by atoms with E-state index >= 15 is 0 Å². The second kappa shape index (κ2) is 2.16. The molecule has 0 spiro atoms. The SMILES string of the molecule is CC1(C)C(=NO)C2(Cl)CCC1C2. The van der Waals surface area contributed by atoms with Crippen molar-refractivity contribution in [1.29, 1.82) is 0 Å². The van der Waals surface area contributed by atoms with E-state index in [1.807, 2.05) is 0 Å². The largest absolute Gasteiger partial charge is 0.411 e. The van der Waals surface area contributed by atoms with Crippen molar-refractivity contribution < 1.29 is 5.21 Å². The summed E-state index contributed by atoms with van der Waals surface area (Å²) in [5, 5.41) is 12.3. The molecular weight excluding hydrogens is 174 g/mol. The molecule has 2 atom stereocenters.